The van der Waals surface area contributed by atoms with Crippen LogP contribution in [0.15, 0.2) is 67.5 Å². The third-order valence-electron chi connectivity index (χ3n) is 4.02. The smallest absolute Gasteiger partial charge is 0.185 e. The monoisotopic (exact) mass is 392 g/mol. The van der Waals surface area contributed by atoms with Gasteiger partial charge in [-0.3, -0.25) is 4.79 Å². The average molecular weight is 392 g/mol. The van der Waals surface area contributed by atoms with Crippen LogP contribution >= 0.6 is 0 Å². The van der Waals surface area contributed by atoms with Crippen molar-refractivity contribution < 1.29 is 19.0 Å². The van der Waals surface area contributed by atoms with Gasteiger partial charge in [0.05, 0.1) is 24.5 Å². The number of hydrogen-bond donors (Lipinski definition) is 0. The molecule has 0 spiro atoms. The summed E-state index contributed by atoms with van der Waals surface area (Å²) in [6, 6.07) is 10.8. The van der Waals surface area contributed by atoms with E-state index < -0.39 is 0 Å². The van der Waals surface area contributed by atoms with Crippen LogP contribution in [0.2, 0.25) is 0 Å². The van der Waals surface area contributed by atoms with Gasteiger partial charge in [0.1, 0.15) is 17.2 Å². The first-order valence-corrected chi connectivity index (χ1v) is 9.68. The van der Waals surface area contributed by atoms with Gasteiger partial charge in [0.15, 0.2) is 5.78 Å². The van der Waals surface area contributed by atoms with Gasteiger partial charge in [0, 0.05) is 5.56 Å². The molecule has 2 aromatic rings. The van der Waals surface area contributed by atoms with Crippen LogP contribution in [0.5, 0.6) is 17.2 Å². The van der Waals surface area contributed by atoms with Crippen LogP contribution in [0, 0.1) is 0 Å². The molecule has 0 saturated heterocycles. The van der Waals surface area contributed by atoms with E-state index in [9.17, 15) is 4.79 Å². The first-order valence-electron chi connectivity index (χ1n) is 9.68. The Labute approximate surface area is 173 Å². The lowest BCUT2D eigenvalue weighted by Crippen LogP contribution is -2.03. The number of ketones is 1. The molecule has 0 aliphatic carbocycles. The third-order valence-corrected chi connectivity index (χ3v) is 4.02. The summed E-state index contributed by atoms with van der Waals surface area (Å²) >= 11 is 0. The van der Waals surface area contributed by atoms with Crippen molar-refractivity contribution in [3.63, 3.8) is 0 Å². The molecule has 2 aromatic carbocycles. The van der Waals surface area contributed by atoms with E-state index >= 15 is 0 Å². The molecule has 0 atom stereocenters. The molecule has 0 amide bonds. The lowest BCUT2D eigenvalue weighted by atomic mass is 10.0. The maximum atomic E-state index is 12.7. The summed E-state index contributed by atoms with van der Waals surface area (Å²) in [4.78, 5) is 12.7. The van der Waals surface area contributed by atoms with Crippen molar-refractivity contribution in [2.75, 3.05) is 13.2 Å². The molecule has 2 rings (SSSR count). The zero-order chi connectivity index (χ0) is 21.2. The summed E-state index contributed by atoms with van der Waals surface area (Å²) in [6.45, 7) is 14.2. The lowest BCUT2D eigenvalue weighted by molar-refractivity contribution is 0.104. The Morgan fingerprint density at radius 2 is 1.72 bits per heavy atom. The molecule has 0 aromatic heterocycles. The molecule has 152 valence electrons. The number of hydrogen-bond acceptors (Lipinski definition) is 4. The van der Waals surface area contributed by atoms with Gasteiger partial charge in [-0.2, -0.15) is 0 Å². The molecular weight excluding hydrogens is 364 g/mol. The first-order chi connectivity index (χ1) is 14.0. The Balaban J connectivity index is 2.35. The number of benzene rings is 2. The molecule has 0 unspecified atom stereocenters. The number of carbonyl (C=O) groups is 1. The molecule has 29 heavy (non-hydrogen) atoms. The summed E-state index contributed by atoms with van der Waals surface area (Å²) < 4.78 is 17.1. The highest BCUT2D eigenvalue weighted by Crippen LogP contribution is 2.34. The minimum Gasteiger partial charge on any atom is -0.493 e. The van der Waals surface area contributed by atoms with Gasteiger partial charge in [0.2, 0.25) is 0 Å². The van der Waals surface area contributed by atoms with Crippen LogP contribution < -0.4 is 14.2 Å². The minimum atomic E-state index is -0.120. The quantitative estimate of drug-likeness (QED) is 0.203. The van der Waals surface area contributed by atoms with E-state index in [-0.39, 0.29) is 5.78 Å². The van der Waals surface area contributed by atoms with Crippen LogP contribution in [-0.2, 0) is 6.42 Å². The number of allylic oxidation sites excluding steroid dienone is 3. The Morgan fingerprint density at radius 3 is 2.31 bits per heavy atom. The maximum absolute atomic E-state index is 12.7. The standard InChI is InChI=1S/C25H28O4/c1-6-9-20-12-17-24(27-7-2)22(25(20)28-8-3)15-16-23(26)19-10-13-21(14-11-19)29-18(4)5/h6,10-17H,1,4,7-9H2,2-3,5H3/b16-15+. The highest BCUT2D eigenvalue weighted by atomic mass is 16.5. The topological polar surface area (TPSA) is 44.8 Å². The summed E-state index contributed by atoms with van der Waals surface area (Å²) in [6.07, 6.45) is 5.78. The maximum Gasteiger partial charge on any atom is 0.185 e. The minimum absolute atomic E-state index is 0.120. The van der Waals surface area contributed by atoms with Crippen LogP contribution in [0.4, 0.5) is 0 Å². The summed E-state index contributed by atoms with van der Waals surface area (Å²) in [7, 11) is 0. The average Bonchev–Trinajstić information content (AvgIpc) is 2.69. The van der Waals surface area contributed by atoms with E-state index in [0.717, 1.165) is 11.1 Å². The van der Waals surface area contributed by atoms with Crippen molar-refractivity contribution in [3.05, 3.63) is 84.2 Å². The third kappa shape index (κ3) is 6.11. The van der Waals surface area contributed by atoms with E-state index in [1.165, 1.54) is 6.08 Å². The molecule has 0 saturated carbocycles. The second-order valence-corrected chi connectivity index (χ2v) is 6.35. The Kier molecular flexibility index (Phi) is 8.28. The molecule has 0 bridgehead atoms. The molecule has 4 heteroatoms. The normalized spacial score (nSPS) is 10.6. The van der Waals surface area contributed by atoms with Crippen LogP contribution in [0.3, 0.4) is 0 Å². The summed E-state index contributed by atoms with van der Waals surface area (Å²) in [5.74, 6) is 2.51. The van der Waals surface area contributed by atoms with Crippen molar-refractivity contribution >= 4 is 11.9 Å². The lowest BCUT2D eigenvalue weighted by Gasteiger charge is -2.16. The van der Waals surface area contributed by atoms with Gasteiger partial charge in [-0.25, -0.2) is 0 Å². The van der Waals surface area contributed by atoms with Crippen molar-refractivity contribution in [3.8, 4) is 17.2 Å². The van der Waals surface area contributed by atoms with E-state index in [2.05, 4.69) is 13.2 Å². The fraction of sp³-hybridized carbons (Fsp3) is 0.240. The van der Waals surface area contributed by atoms with Gasteiger partial charge in [-0.05, 0) is 75.2 Å². The molecular formula is C25H28O4. The highest BCUT2D eigenvalue weighted by Gasteiger charge is 2.14. The first kappa shape index (κ1) is 22.0. The Bertz CT molecular complexity index is 892. The predicted octanol–water partition coefficient (Wildman–Crippen LogP) is 6.02. The van der Waals surface area contributed by atoms with Crippen LogP contribution in [-0.4, -0.2) is 19.0 Å². The SMILES string of the molecule is C=CCc1ccc(OCC)c(/C=C/C(=O)c2ccc(OC(=C)C)cc2)c1OCC. The molecule has 0 heterocycles. The predicted molar refractivity (Wildman–Crippen MR) is 118 cm³/mol. The van der Waals surface area contributed by atoms with Crippen molar-refractivity contribution in [2.45, 2.75) is 27.2 Å². The van der Waals surface area contributed by atoms with Crippen LogP contribution in [0.1, 0.15) is 42.3 Å². The van der Waals surface area contributed by atoms with Crippen molar-refractivity contribution in [1.29, 1.82) is 0 Å². The van der Waals surface area contributed by atoms with Crippen molar-refractivity contribution in [1.82, 2.24) is 0 Å². The highest BCUT2D eigenvalue weighted by molar-refractivity contribution is 6.07. The molecule has 0 fully saturated rings. The van der Waals surface area contributed by atoms with Gasteiger partial charge in [0.25, 0.3) is 0 Å². The van der Waals surface area contributed by atoms with Crippen molar-refractivity contribution in [2.24, 2.45) is 0 Å². The molecule has 0 aliphatic heterocycles. The van der Waals surface area contributed by atoms with E-state index in [4.69, 9.17) is 14.2 Å². The van der Waals surface area contributed by atoms with Gasteiger partial charge >= 0.3 is 0 Å². The number of carbonyl (C=O) groups excluding carboxylic acids is 1. The zero-order valence-electron chi connectivity index (χ0n) is 17.4. The number of ether oxygens (including phenoxy) is 3. The van der Waals surface area contributed by atoms with Crippen LogP contribution in [0.25, 0.3) is 6.08 Å². The summed E-state index contributed by atoms with van der Waals surface area (Å²) in [5, 5.41) is 0. The second-order valence-electron chi connectivity index (χ2n) is 6.35. The number of rotatable bonds is 11. The molecule has 0 radical (unpaired) electrons. The van der Waals surface area contributed by atoms with Gasteiger partial charge in [-0.1, -0.05) is 18.7 Å². The van der Waals surface area contributed by atoms with E-state index in [1.807, 2.05) is 32.1 Å². The Hall–Kier alpha value is -3.27. The van der Waals surface area contributed by atoms with E-state index in [1.54, 1.807) is 37.3 Å². The van der Waals surface area contributed by atoms with Gasteiger partial charge in [-0.15, -0.1) is 6.58 Å². The second kappa shape index (κ2) is 10.9. The zero-order valence-corrected chi connectivity index (χ0v) is 17.4. The van der Waals surface area contributed by atoms with E-state index in [0.29, 0.717) is 48.2 Å². The molecule has 0 aliphatic rings. The fourth-order valence-electron chi connectivity index (χ4n) is 2.84. The molecule has 4 nitrogen and oxygen atoms in total. The molecule has 0 N–H and O–H groups in total. The van der Waals surface area contributed by atoms with Gasteiger partial charge < -0.3 is 14.2 Å². The fourth-order valence-corrected chi connectivity index (χ4v) is 2.84. The largest absolute Gasteiger partial charge is 0.493 e. The Morgan fingerprint density at radius 1 is 1.03 bits per heavy atom. The summed E-state index contributed by atoms with van der Waals surface area (Å²) in [5.41, 5.74) is 2.32.